The van der Waals surface area contributed by atoms with Gasteiger partial charge in [0.15, 0.2) is 0 Å². The highest BCUT2D eigenvalue weighted by Crippen LogP contribution is 2.28. The molecule has 128 valence electrons. The molecule has 0 saturated carbocycles. The van der Waals surface area contributed by atoms with Gasteiger partial charge < -0.3 is 0 Å². The molecule has 0 radical (unpaired) electrons. The molecule has 8 heteroatoms. The first kappa shape index (κ1) is 17.0. The van der Waals surface area contributed by atoms with Crippen molar-refractivity contribution in [2.75, 3.05) is 6.26 Å². The van der Waals surface area contributed by atoms with Crippen LogP contribution in [-0.2, 0) is 16.9 Å². The van der Waals surface area contributed by atoms with Crippen LogP contribution in [0, 0.1) is 5.82 Å². The van der Waals surface area contributed by atoms with Gasteiger partial charge in [-0.05, 0) is 29.8 Å². The van der Waals surface area contributed by atoms with E-state index < -0.39 is 21.2 Å². The van der Waals surface area contributed by atoms with Crippen LogP contribution in [0.3, 0.4) is 0 Å². The summed E-state index contributed by atoms with van der Waals surface area (Å²) >= 11 is 0. The fourth-order valence-corrected chi connectivity index (χ4v) is 3.35. The molecule has 0 aliphatic heterocycles. The van der Waals surface area contributed by atoms with Crippen molar-refractivity contribution in [2.45, 2.75) is 5.16 Å². The zero-order valence-electron chi connectivity index (χ0n) is 13.5. The van der Waals surface area contributed by atoms with Gasteiger partial charge in [-0.15, -0.1) is 0 Å². The SMILES string of the molecule is Cn1c(S(C)(=O)=O)nc(-c2ccncc2)c(-c2ccc(F)cc2)c1=O. The van der Waals surface area contributed by atoms with Gasteiger partial charge in [0.05, 0.1) is 11.3 Å². The molecule has 0 aliphatic rings. The van der Waals surface area contributed by atoms with Gasteiger partial charge in [-0.2, -0.15) is 0 Å². The van der Waals surface area contributed by atoms with E-state index in [4.69, 9.17) is 0 Å². The molecule has 0 amide bonds. The summed E-state index contributed by atoms with van der Waals surface area (Å²) in [6, 6.07) is 8.63. The Morgan fingerprint density at radius 2 is 1.60 bits per heavy atom. The molecule has 1 aromatic carbocycles. The topological polar surface area (TPSA) is 81.9 Å². The fourth-order valence-electron chi connectivity index (χ4n) is 2.51. The first-order valence-electron chi connectivity index (χ1n) is 7.26. The molecule has 25 heavy (non-hydrogen) atoms. The van der Waals surface area contributed by atoms with Crippen LogP contribution < -0.4 is 5.56 Å². The van der Waals surface area contributed by atoms with Gasteiger partial charge in [0.2, 0.25) is 15.0 Å². The Morgan fingerprint density at radius 1 is 1.00 bits per heavy atom. The van der Waals surface area contributed by atoms with Gasteiger partial charge in [-0.3, -0.25) is 14.3 Å². The molecule has 0 N–H and O–H groups in total. The Kier molecular flexibility index (Phi) is 4.22. The van der Waals surface area contributed by atoms with Crippen molar-refractivity contribution in [2.24, 2.45) is 7.05 Å². The second-order valence-electron chi connectivity index (χ2n) is 5.50. The van der Waals surface area contributed by atoms with E-state index >= 15 is 0 Å². The summed E-state index contributed by atoms with van der Waals surface area (Å²) in [6.45, 7) is 0. The molecule has 0 spiro atoms. The van der Waals surface area contributed by atoms with E-state index in [1.165, 1.54) is 43.7 Å². The smallest absolute Gasteiger partial charge is 0.262 e. The van der Waals surface area contributed by atoms with Crippen molar-refractivity contribution in [3.63, 3.8) is 0 Å². The summed E-state index contributed by atoms with van der Waals surface area (Å²) in [6.07, 6.45) is 4.02. The van der Waals surface area contributed by atoms with E-state index in [2.05, 4.69) is 9.97 Å². The molecule has 0 fully saturated rings. The van der Waals surface area contributed by atoms with Crippen LogP contribution in [0.5, 0.6) is 0 Å². The second kappa shape index (κ2) is 6.21. The van der Waals surface area contributed by atoms with Crippen LogP contribution in [0.4, 0.5) is 4.39 Å². The molecule has 2 heterocycles. The first-order chi connectivity index (χ1) is 11.8. The van der Waals surface area contributed by atoms with Crippen LogP contribution in [0.2, 0.25) is 0 Å². The molecular weight excluding hydrogens is 345 g/mol. The van der Waals surface area contributed by atoms with Gasteiger partial charge in [0.1, 0.15) is 5.82 Å². The van der Waals surface area contributed by atoms with Crippen molar-refractivity contribution in [3.05, 3.63) is 65.0 Å². The molecule has 0 bridgehead atoms. The average molecular weight is 359 g/mol. The third kappa shape index (κ3) is 3.20. The van der Waals surface area contributed by atoms with Crippen molar-refractivity contribution in [3.8, 4) is 22.4 Å². The third-order valence-electron chi connectivity index (χ3n) is 3.67. The Morgan fingerprint density at radius 3 is 2.16 bits per heavy atom. The predicted octanol–water partition coefficient (Wildman–Crippen LogP) is 2.05. The van der Waals surface area contributed by atoms with E-state index in [1.807, 2.05) is 0 Å². The summed E-state index contributed by atoms with van der Waals surface area (Å²) in [7, 11) is -2.37. The van der Waals surface area contributed by atoms with Crippen LogP contribution in [0.1, 0.15) is 0 Å². The summed E-state index contributed by atoms with van der Waals surface area (Å²) < 4.78 is 38.2. The van der Waals surface area contributed by atoms with E-state index in [-0.39, 0.29) is 16.4 Å². The Hall–Kier alpha value is -2.87. The van der Waals surface area contributed by atoms with Crippen molar-refractivity contribution in [1.82, 2.24) is 14.5 Å². The molecule has 6 nitrogen and oxygen atoms in total. The number of pyridine rings is 1. The molecule has 2 aromatic heterocycles. The molecule has 3 aromatic rings. The lowest BCUT2D eigenvalue weighted by Gasteiger charge is -2.13. The van der Waals surface area contributed by atoms with Crippen LogP contribution in [-0.4, -0.2) is 29.2 Å². The lowest BCUT2D eigenvalue weighted by atomic mass is 10.0. The Labute approximate surface area is 143 Å². The van der Waals surface area contributed by atoms with Crippen molar-refractivity contribution >= 4 is 9.84 Å². The quantitative estimate of drug-likeness (QED) is 0.669. The Balaban J connectivity index is 2.43. The van der Waals surface area contributed by atoms with E-state index in [0.29, 0.717) is 11.1 Å². The lowest BCUT2D eigenvalue weighted by molar-refractivity contribution is 0.576. The number of rotatable bonds is 3. The van der Waals surface area contributed by atoms with Gasteiger partial charge in [-0.25, -0.2) is 17.8 Å². The van der Waals surface area contributed by atoms with Crippen LogP contribution >= 0.6 is 0 Å². The minimum absolute atomic E-state index is 0.195. The third-order valence-corrected chi connectivity index (χ3v) is 4.70. The zero-order valence-corrected chi connectivity index (χ0v) is 14.3. The van der Waals surface area contributed by atoms with Crippen molar-refractivity contribution in [1.29, 1.82) is 0 Å². The second-order valence-corrected chi connectivity index (χ2v) is 7.41. The largest absolute Gasteiger partial charge is 0.286 e. The van der Waals surface area contributed by atoms with Crippen molar-refractivity contribution < 1.29 is 12.8 Å². The standard InChI is InChI=1S/C17H14FN3O3S/c1-21-16(22)14(11-3-5-13(18)6-4-11)15(12-7-9-19-10-8-12)20-17(21)25(2,23)24/h3-10H,1-2H3. The van der Waals surface area contributed by atoms with Crippen LogP contribution in [0.15, 0.2) is 58.7 Å². The highest BCUT2D eigenvalue weighted by Gasteiger charge is 2.22. The maximum absolute atomic E-state index is 13.2. The normalized spacial score (nSPS) is 11.5. The van der Waals surface area contributed by atoms with E-state index in [1.54, 1.807) is 12.1 Å². The summed E-state index contributed by atoms with van der Waals surface area (Å²) in [5.74, 6) is -0.438. The molecule has 0 saturated heterocycles. The average Bonchev–Trinajstić information content (AvgIpc) is 2.58. The number of aromatic nitrogens is 3. The van der Waals surface area contributed by atoms with Gasteiger partial charge in [0.25, 0.3) is 5.56 Å². The van der Waals surface area contributed by atoms with Crippen LogP contribution in [0.25, 0.3) is 22.4 Å². The number of halogens is 1. The first-order valence-corrected chi connectivity index (χ1v) is 9.15. The highest BCUT2D eigenvalue weighted by molar-refractivity contribution is 7.90. The number of nitrogens with zero attached hydrogens (tertiary/aromatic N) is 3. The number of benzene rings is 1. The minimum atomic E-state index is -3.72. The number of hydrogen-bond acceptors (Lipinski definition) is 5. The molecule has 0 unspecified atom stereocenters. The molecule has 0 atom stereocenters. The molecule has 0 aliphatic carbocycles. The molecule has 3 rings (SSSR count). The zero-order chi connectivity index (χ0) is 18.2. The highest BCUT2D eigenvalue weighted by atomic mass is 32.2. The van der Waals surface area contributed by atoms with Gasteiger partial charge >= 0.3 is 0 Å². The summed E-state index contributed by atoms with van der Waals surface area (Å²) in [5.41, 5.74) is 0.853. The number of sulfone groups is 1. The van der Waals surface area contributed by atoms with E-state index in [0.717, 1.165) is 10.8 Å². The minimum Gasteiger partial charge on any atom is -0.286 e. The Bertz CT molecular complexity index is 1090. The molecular formula is C17H14FN3O3S. The monoisotopic (exact) mass is 359 g/mol. The fraction of sp³-hybridized carbons (Fsp3) is 0.118. The lowest BCUT2D eigenvalue weighted by Crippen LogP contribution is -2.26. The summed E-state index contributed by atoms with van der Waals surface area (Å²) in [5, 5.41) is -0.338. The van der Waals surface area contributed by atoms with E-state index in [9.17, 15) is 17.6 Å². The maximum atomic E-state index is 13.2. The van der Waals surface area contributed by atoms with Gasteiger partial charge in [-0.1, -0.05) is 12.1 Å². The summed E-state index contributed by atoms with van der Waals surface area (Å²) in [4.78, 5) is 21.0. The predicted molar refractivity (Wildman–Crippen MR) is 91.2 cm³/mol. The van der Waals surface area contributed by atoms with Gasteiger partial charge in [0, 0.05) is 31.3 Å². The maximum Gasteiger partial charge on any atom is 0.262 e. The number of hydrogen-bond donors (Lipinski definition) is 0.